The average molecular weight is 328 g/mol. The van der Waals surface area contributed by atoms with Gasteiger partial charge in [-0.25, -0.2) is 4.39 Å². The van der Waals surface area contributed by atoms with Crippen LogP contribution < -0.4 is 5.32 Å². The standard InChI is InChI=1S/C18H21FN4O/c1-12(2)23-11-15(10-22-23)18-17(5-6-24-18)21-9-13-3-4-16(19)14(7-13)8-20/h3-4,7,10-12,17-18,21H,5-6,9H2,1-2H3/t17-,18+/m0/s1. The third-order valence-electron chi connectivity index (χ3n) is 4.29. The predicted molar refractivity (Wildman–Crippen MR) is 87.7 cm³/mol. The average Bonchev–Trinajstić information content (AvgIpc) is 3.22. The smallest absolute Gasteiger partial charge is 0.140 e. The van der Waals surface area contributed by atoms with Gasteiger partial charge in [0.2, 0.25) is 0 Å². The van der Waals surface area contributed by atoms with Gasteiger partial charge >= 0.3 is 0 Å². The van der Waals surface area contributed by atoms with E-state index in [0.29, 0.717) is 19.2 Å². The van der Waals surface area contributed by atoms with E-state index in [1.54, 1.807) is 12.1 Å². The molecule has 1 fully saturated rings. The van der Waals surface area contributed by atoms with Crippen molar-refractivity contribution >= 4 is 0 Å². The Hall–Kier alpha value is -2.23. The van der Waals surface area contributed by atoms with Gasteiger partial charge in [0.25, 0.3) is 0 Å². The van der Waals surface area contributed by atoms with Gasteiger partial charge in [-0.3, -0.25) is 4.68 Å². The van der Waals surface area contributed by atoms with Gasteiger partial charge in [-0.2, -0.15) is 10.4 Å². The molecule has 2 aromatic rings. The Bertz CT molecular complexity index is 750. The Morgan fingerprint density at radius 2 is 2.33 bits per heavy atom. The summed E-state index contributed by atoms with van der Waals surface area (Å²) < 4.78 is 21.2. The molecule has 0 spiro atoms. The zero-order chi connectivity index (χ0) is 17.1. The van der Waals surface area contributed by atoms with E-state index < -0.39 is 5.82 Å². The maximum Gasteiger partial charge on any atom is 0.140 e. The first-order valence-electron chi connectivity index (χ1n) is 8.16. The first-order chi connectivity index (χ1) is 11.6. The number of nitriles is 1. The molecule has 1 aromatic carbocycles. The minimum Gasteiger partial charge on any atom is -0.372 e. The van der Waals surface area contributed by atoms with E-state index >= 15 is 0 Å². The van der Waals surface area contributed by atoms with Gasteiger partial charge in [0.1, 0.15) is 18.0 Å². The van der Waals surface area contributed by atoms with E-state index in [2.05, 4.69) is 24.3 Å². The lowest BCUT2D eigenvalue weighted by Gasteiger charge is -2.19. The van der Waals surface area contributed by atoms with E-state index in [9.17, 15) is 4.39 Å². The molecule has 0 radical (unpaired) electrons. The van der Waals surface area contributed by atoms with Crippen LogP contribution in [0.15, 0.2) is 30.6 Å². The van der Waals surface area contributed by atoms with Crippen LogP contribution in [-0.4, -0.2) is 22.4 Å². The summed E-state index contributed by atoms with van der Waals surface area (Å²) in [6.07, 6.45) is 4.76. The second kappa shape index (κ2) is 7.12. The minimum atomic E-state index is -0.482. The summed E-state index contributed by atoms with van der Waals surface area (Å²) in [4.78, 5) is 0. The maximum atomic E-state index is 13.4. The van der Waals surface area contributed by atoms with Crippen LogP contribution in [-0.2, 0) is 11.3 Å². The molecule has 2 atom stereocenters. The molecular weight excluding hydrogens is 307 g/mol. The molecule has 6 heteroatoms. The highest BCUT2D eigenvalue weighted by atomic mass is 19.1. The molecule has 1 aliphatic rings. The van der Waals surface area contributed by atoms with E-state index in [0.717, 1.165) is 17.5 Å². The van der Waals surface area contributed by atoms with Crippen LogP contribution in [0.1, 0.15) is 49.1 Å². The first-order valence-corrected chi connectivity index (χ1v) is 8.16. The summed E-state index contributed by atoms with van der Waals surface area (Å²) in [6, 6.07) is 6.98. The first kappa shape index (κ1) is 16.6. The highest BCUT2D eigenvalue weighted by molar-refractivity contribution is 5.34. The monoisotopic (exact) mass is 328 g/mol. The van der Waals surface area contributed by atoms with E-state index in [1.807, 2.05) is 23.1 Å². The summed E-state index contributed by atoms with van der Waals surface area (Å²) in [6.45, 7) is 5.44. The number of ether oxygens (including phenoxy) is 1. The Kier molecular flexibility index (Phi) is 4.93. The van der Waals surface area contributed by atoms with Crippen LogP contribution in [0.25, 0.3) is 0 Å². The molecule has 1 saturated heterocycles. The molecule has 2 heterocycles. The lowest BCUT2D eigenvalue weighted by Crippen LogP contribution is -2.31. The quantitative estimate of drug-likeness (QED) is 0.916. The number of hydrogen-bond donors (Lipinski definition) is 1. The Morgan fingerprint density at radius 3 is 3.04 bits per heavy atom. The number of rotatable bonds is 5. The van der Waals surface area contributed by atoms with Crippen LogP contribution in [0.3, 0.4) is 0 Å². The highest BCUT2D eigenvalue weighted by Gasteiger charge is 2.30. The molecule has 24 heavy (non-hydrogen) atoms. The number of aromatic nitrogens is 2. The van der Waals surface area contributed by atoms with Gasteiger partial charge in [-0.15, -0.1) is 0 Å². The van der Waals surface area contributed by atoms with E-state index in [1.165, 1.54) is 6.07 Å². The van der Waals surface area contributed by atoms with Crippen LogP contribution >= 0.6 is 0 Å². The van der Waals surface area contributed by atoms with Crippen LogP contribution in [0.5, 0.6) is 0 Å². The highest BCUT2D eigenvalue weighted by Crippen LogP contribution is 2.29. The summed E-state index contributed by atoms with van der Waals surface area (Å²) in [7, 11) is 0. The Labute approximate surface area is 141 Å². The van der Waals surface area contributed by atoms with Crippen molar-refractivity contribution in [3.8, 4) is 6.07 Å². The third-order valence-corrected chi connectivity index (χ3v) is 4.29. The molecule has 0 amide bonds. The number of halogens is 1. The van der Waals surface area contributed by atoms with Crippen LogP contribution in [0.2, 0.25) is 0 Å². The van der Waals surface area contributed by atoms with Crippen molar-refractivity contribution in [1.82, 2.24) is 15.1 Å². The zero-order valence-corrected chi connectivity index (χ0v) is 13.9. The molecule has 5 nitrogen and oxygen atoms in total. The van der Waals surface area contributed by atoms with Gasteiger partial charge in [-0.05, 0) is 38.0 Å². The fraction of sp³-hybridized carbons (Fsp3) is 0.444. The second-order valence-corrected chi connectivity index (χ2v) is 6.34. The lowest BCUT2D eigenvalue weighted by atomic mass is 10.0. The second-order valence-electron chi connectivity index (χ2n) is 6.34. The Balaban J connectivity index is 1.67. The fourth-order valence-electron chi connectivity index (χ4n) is 2.93. The molecule has 0 bridgehead atoms. The van der Waals surface area contributed by atoms with Gasteiger partial charge < -0.3 is 10.1 Å². The molecule has 126 valence electrons. The van der Waals surface area contributed by atoms with Crippen molar-refractivity contribution in [1.29, 1.82) is 5.26 Å². The van der Waals surface area contributed by atoms with Crippen molar-refractivity contribution < 1.29 is 9.13 Å². The van der Waals surface area contributed by atoms with Crippen LogP contribution in [0, 0.1) is 17.1 Å². The number of nitrogens with one attached hydrogen (secondary N) is 1. The normalized spacial score (nSPS) is 20.5. The van der Waals surface area contributed by atoms with Crippen LogP contribution in [0.4, 0.5) is 4.39 Å². The Morgan fingerprint density at radius 1 is 1.50 bits per heavy atom. The largest absolute Gasteiger partial charge is 0.372 e. The summed E-state index contributed by atoms with van der Waals surface area (Å²) in [5.41, 5.74) is 2.03. The molecule has 1 N–H and O–H groups in total. The van der Waals surface area contributed by atoms with Gasteiger partial charge in [0, 0.05) is 37.0 Å². The topological polar surface area (TPSA) is 62.9 Å². The summed E-state index contributed by atoms with van der Waals surface area (Å²) in [5, 5.41) is 16.8. The maximum absolute atomic E-state index is 13.4. The molecular formula is C18H21FN4O. The third kappa shape index (κ3) is 3.48. The predicted octanol–water partition coefficient (Wildman–Crippen LogP) is 3.09. The fourth-order valence-corrected chi connectivity index (χ4v) is 2.93. The molecule has 0 saturated carbocycles. The van der Waals surface area contributed by atoms with Crippen molar-refractivity contribution in [2.45, 2.75) is 45.0 Å². The van der Waals surface area contributed by atoms with Crippen molar-refractivity contribution in [3.05, 3.63) is 53.1 Å². The number of hydrogen-bond acceptors (Lipinski definition) is 4. The molecule has 1 aromatic heterocycles. The van der Waals surface area contributed by atoms with Crippen molar-refractivity contribution in [2.24, 2.45) is 0 Å². The van der Waals surface area contributed by atoms with Crippen molar-refractivity contribution in [2.75, 3.05) is 6.61 Å². The van der Waals surface area contributed by atoms with E-state index in [-0.39, 0.29) is 17.7 Å². The molecule has 3 rings (SSSR count). The van der Waals surface area contributed by atoms with Gasteiger partial charge in [0.05, 0.1) is 11.8 Å². The lowest BCUT2D eigenvalue weighted by molar-refractivity contribution is 0.0984. The minimum absolute atomic E-state index is 0.0339. The summed E-state index contributed by atoms with van der Waals surface area (Å²) >= 11 is 0. The van der Waals surface area contributed by atoms with Crippen molar-refractivity contribution in [3.63, 3.8) is 0 Å². The zero-order valence-electron chi connectivity index (χ0n) is 13.9. The van der Waals surface area contributed by atoms with Gasteiger partial charge in [0.15, 0.2) is 0 Å². The molecule has 1 aliphatic heterocycles. The van der Waals surface area contributed by atoms with E-state index in [4.69, 9.17) is 10.00 Å². The summed E-state index contributed by atoms with van der Waals surface area (Å²) in [5.74, 6) is -0.482. The number of benzene rings is 1. The molecule has 0 aliphatic carbocycles. The SMILES string of the molecule is CC(C)n1cc([C@H]2OCC[C@@H]2NCc2ccc(F)c(C#N)c2)cn1. The molecule has 0 unspecified atom stereocenters. The van der Waals surface area contributed by atoms with Gasteiger partial charge in [-0.1, -0.05) is 6.07 Å². The number of nitrogens with zero attached hydrogens (tertiary/aromatic N) is 3.